The molecule has 0 saturated heterocycles. The van der Waals surface area contributed by atoms with Crippen molar-refractivity contribution in [3.8, 4) is 0 Å². The molecule has 0 aliphatic rings. The minimum Gasteiger partial charge on any atom is -0.376 e. The first-order valence-electron chi connectivity index (χ1n) is 4.37. The highest BCUT2D eigenvalue weighted by atomic mass is 32.2. The molecule has 13 heavy (non-hydrogen) atoms. The van der Waals surface area contributed by atoms with Gasteiger partial charge >= 0.3 is 0 Å². The minimum absolute atomic E-state index is 0.233. The molecular weight excluding hydrogens is 180 g/mol. The second-order valence-corrected chi connectivity index (χ2v) is 3.95. The molecule has 1 nitrogen and oxygen atoms in total. The Bertz CT molecular complexity index is 260. The number of thioether (sulfide) groups is 1. The van der Waals surface area contributed by atoms with E-state index in [1.54, 1.807) is 7.11 Å². The molecule has 2 heteroatoms. The van der Waals surface area contributed by atoms with E-state index < -0.39 is 0 Å². The molecule has 1 unspecified atom stereocenters. The molecule has 0 spiro atoms. The lowest BCUT2D eigenvalue weighted by atomic mass is 10.0. The summed E-state index contributed by atoms with van der Waals surface area (Å²) in [7, 11) is 1.77. The zero-order valence-corrected chi connectivity index (χ0v) is 9.23. The number of hydrogen-bond acceptors (Lipinski definition) is 2. The van der Waals surface area contributed by atoms with Gasteiger partial charge in [-0.1, -0.05) is 24.3 Å². The summed E-state index contributed by atoms with van der Waals surface area (Å²) in [5.41, 5.74) is 2.61. The summed E-state index contributed by atoms with van der Waals surface area (Å²) in [4.78, 5) is 0. The van der Waals surface area contributed by atoms with Gasteiger partial charge in [-0.25, -0.2) is 0 Å². The summed E-state index contributed by atoms with van der Waals surface area (Å²) in [6.07, 6.45) is 2.33. The van der Waals surface area contributed by atoms with Crippen LogP contribution >= 0.6 is 11.8 Å². The number of aryl methyl sites for hydroxylation is 1. The molecule has 0 radical (unpaired) electrons. The topological polar surface area (TPSA) is 9.23 Å². The highest BCUT2D eigenvalue weighted by Crippen LogP contribution is 2.23. The Morgan fingerprint density at radius 3 is 2.62 bits per heavy atom. The molecule has 0 aliphatic heterocycles. The van der Waals surface area contributed by atoms with E-state index in [0.717, 1.165) is 5.75 Å². The molecule has 0 heterocycles. The third kappa shape index (κ3) is 2.75. The molecule has 0 fully saturated rings. The van der Waals surface area contributed by atoms with E-state index in [0.29, 0.717) is 0 Å². The van der Waals surface area contributed by atoms with Gasteiger partial charge in [0.2, 0.25) is 0 Å². The number of ether oxygens (including phenoxy) is 1. The third-order valence-electron chi connectivity index (χ3n) is 2.14. The summed E-state index contributed by atoms with van der Waals surface area (Å²) in [5, 5.41) is 0. The van der Waals surface area contributed by atoms with Gasteiger partial charge in [-0.3, -0.25) is 0 Å². The van der Waals surface area contributed by atoms with E-state index in [1.807, 2.05) is 11.8 Å². The predicted molar refractivity (Wildman–Crippen MR) is 59.3 cm³/mol. The van der Waals surface area contributed by atoms with Crippen molar-refractivity contribution in [3.05, 3.63) is 35.4 Å². The first kappa shape index (κ1) is 10.6. The Labute approximate surface area is 84.5 Å². The third-order valence-corrected chi connectivity index (χ3v) is 2.77. The molecule has 1 atom stereocenters. The Hall–Kier alpha value is -0.470. The molecule has 1 rings (SSSR count). The fraction of sp³-hybridized carbons (Fsp3) is 0.455. The van der Waals surface area contributed by atoms with Crippen LogP contribution in [0.3, 0.4) is 0 Å². The zero-order chi connectivity index (χ0) is 9.68. The molecule has 72 valence electrons. The van der Waals surface area contributed by atoms with Crippen molar-refractivity contribution in [1.82, 2.24) is 0 Å². The van der Waals surface area contributed by atoms with Crippen LogP contribution in [-0.4, -0.2) is 19.1 Å². The van der Waals surface area contributed by atoms with Crippen molar-refractivity contribution in [1.29, 1.82) is 0 Å². The largest absolute Gasteiger partial charge is 0.376 e. The maximum atomic E-state index is 5.44. The number of hydrogen-bond donors (Lipinski definition) is 0. The van der Waals surface area contributed by atoms with Crippen molar-refractivity contribution in [2.45, 2.75) is 13.0 Å². The van der Waals surface area contributed by atoms with E-state index in [1.165, 1.54) is 11.1 Å². The summed E-state index contributed by atoms with van der Waals surface area (Å²) in [5.74, 6) is 1.02. The van der Waals surface area contributed by atoms with Crippen LogP contribution in [-0.2, 0) is 4.74 Å². The van der Waals surface area contributed by atoms with Crippen LogP contribution in [0.5, 0.6) is 0 Å². The van der Waals surface area contributed by atoms with Gasteiger partial charge in [0.15, 0.2) is 0 Å². The van der Waals surface area contributed by atoms with E-state index in [9.17, 15) is 0 Å². The molecule has 0 aromatic heterocycles. The number of benzene rings is 1. The lowest BCUT2D eigenvalue weighted by Crippen LogP contribution is -2.05. The average molecular weight is 196 g/mol. The quantitative estimate of drug-likeness (QED) is 0.732. The van der Waals surface area contributed by atoms with Crippen LogP contribution in [0.15, 0.2) is 24.3 Å². The molecule has 0 bridgehead atoms. The van der Waals surface area contributed by atoms with Crippen LogP contribution in [0.25, 0.3) is 0 Å². The molecule has 0 amide bonds. The Morgan fingerprint density at radius 2 is 2.08 bits per heavy atom. The van der Waals surface area contributed by atoms with Crippen LogP contribution in [0, 0.1) is 6.92 Å². The van der Waals surface area contributed by atoms with Gasteiger partial charge in [0, 0.05) is 12.9 Å². The van der Waals surface area contributed by atoms with Crippen LogP contribution in [0.4, 0.5) is 0 Å². The van der Waals surface area contributed by atoms with Crippen molar-refractivity contribution in [3.63, 3.8) is 0 Å². The normalized spacial score (nSPS) is 12.8. The molecular formula is C11H16OS. The summed E-state index contributed by atoms with van der Waals surface area (Å²) in [6, 6.07) is 8.39. The maximum absolute atomic E-state index is 5.44. The molecule has 1 aromatic carbocycles. The van der Waals surface area contributed by atoms with E-state index in [2.05, 4.69) is 37.4 Å². The highest BCUT2D eigenvalue weighted by molar-refractivity contribution is 7.98. The monoisotopic (exact) mass is 196 g/mol. The second-order valence-electron chi connectivity index (χ2n) is 3.04. The molecule has 0 saturated carbocycles. The lowest BCUT2D eigenvalue weighted by molar-refractivity contribution is 0.123. The first-order chi connectivity index (χ1) is 6.29. The lowest BCUT2D eigenvalue weighted by Gasteiger charge is -2.16. The van der Waals surface area contributed by atoms with Gasteiger partial charge in [0.05, 0.1) is 6.10 Å². The highest BCUT2D eigenvalue weighted by Gasteiger charge is 2.10. The smallest absolute Gasteiger partial charge is 0.0913 e. The van der Waals surface area contributed by atoms with Crippen molar-refractivity contribution in [2.75, 3.05) is 19.1 Å². The van der Waals surface area contributed by atoms with Crippen molar-refractivity contribution in [2.24, 2.45) is 0 Å². The fourth-order valence-electron chi connectivity index (χ4n) is 1.38. The number of methoxy groups -OCH3 is 1. The van der Waals surface area contributed by atoms with Gasteiger partial charge < -0.3 is 4.74 Å². The summed E-state index contributed by atoms with van der Waals surface area (Å²) < 4.78 is 5.44. The van der Waals surface area contributed by atoms with Gasteiger partial charge in [-0.2, -0.15) is 11.8 Å². The van der Waals surface area contributed by atoms with E-state index in [-0.39, 0.29) is 6.10 Å². The van der Waals surface area contributed by atoms with Gasteiger partial charge in [-0.05, 0) is 24.3 Å². The fourth-order valence-corrected chi connectivity index (χ4v) is 2.00. The maximum Gasteiger partial charge on any atom is 0.0913 e. The summed E-state index contributed by atoms with van der Waals surface area (Å²) in [6.45, 7) is 2.13. The Balaban J connectivity index is 2.84. The van der Waals surface area contributed by atoms with Crippen LogP contribution in [0.2, 0.25) is 0 Å². The van der Waals surface area contributed by atoms with Crippen LogP contribution < -0.4 is 0 Å². The van der Waals surface area contributed by atoms with E-state index >= 15 is 0 Å². The second kappa shape index (κ2) is 5.30. The molecule has 1 aromatic rings. The van der Waals surface area contributed by atoms with Gasteiger partial charge in [0.1, 0.15) is 0 Å². The first-order valence-corrected chi connectivity index (χ1v) is 5.76. The Morgan fingerprint density at radius 1 is 1.38 bits per heavy atom. The predicted octanol–water partition coefficient (Wildman–Crippen LogP) is 3.05. The van der Waals surface area contributed by atoms with Gasteiger partial charge in [-0.15, -0.1) is 0 Å². The standard InChI is InChI=1S/C11H16OS/c1-9-6-4-5-7-10(9)11(12-2)8-13-3/h4-7,11H,8H2,1-3H3. The van der Waals surface area contributed by atoms with Crippen molar-refractivity contribution < 1.29 is 4.74 Å². The molecule has 0 aliphatic carbocycles. The Kier molecular flexibility index (Phi) is 4.33. The average Bonchev–Trinajstić information content (AvgIpc) is 2.16. The minimum atomic E-state index is 0.233. The SMILES string of the molecule is COC(CSC)c1ccccc1C. The van der Waals surface area contributed by atoms with Crippen LogP contribution in [0.1, 0.15) is 17.2 Å². The summed E-state index contributed by atoms with van der Waals surface area (Å²) >= 11 is 1.81. The van der Waals surface area contributed by atoms with E-state index in [4.69, 9.17) is 4.74 Å². The zero-order valence-electron chi connectivity index (χ0n) is 8.41. The van der Waals surface area contributed by atoms with Gasteiger partial charge in [0.25, 0.3) is 0 Å². The van der Waals surface area contributed by atoms with Crippen molar-refractivity contribution >= 4 is 11.8 Å². The number of rotatable bonds is 4. The molecule has 0 N–H and O–H groups in total.